The average molecular weight is 236 g/mol. The summed E-state index contributed by atoms with van der Waals surface area (Å²) in [6.45, 7) is 2.00. The minimum atomic E-state index is -0.289. The summed E-state index contributed by atoms with van der Waals surface area (Å²) in [5, 5.41) is 2.91. The predicted octanol–water partition coefficient (Wildman–Crippen LogP) is 2.49. The Kier molecular flexibility index (Phi) is 3.10. The number of nitrogen functional groups attached to an aromatic ring is 1. The van der Waals surface area contributed by atoms with E-state index < -0.39 is 0 Å². The van der Waals surface area contributed by atoms with E-state index in [2.05, 4.69) is 5.32 Å². The molecule has 0 saturated carbocycles. The maximum atomic E-state index is 12.1. The maximum Gasteiger partial charge on any atom is 0.240 e. The topological polar surface area (TPSA) is 55.1 Å². The van der Waals surface area contributed by atoms with E-state index in [1.165, 1.54) is 0 Å². The molecule has 1 heterocycles. The lowest BCUT2D eigenvalue weighted by Gasteiger charge is -2.21. The predicted molar refractivity (Wildman–Crippen MR) is 69.6 cm³/mol. The number of nitrogens with one attached hydrogen (secondary N) is 1. The largest absolute Gasteiger partial charge is 0.397 e. The summed E-state index contributed by atoms with van der Waals surface area (Å²) >= 11 is 1.73. The number of hydrogen-bond acceptors (Lipinski definition) is 3. The van der Waals surface area contributed by atoms with Crippen molar-refractivity contribution in [3.8, 4) is 0 Å². The Balaban J connectivity index is 2.10. The molecule has 1 saturated heterocycles. The van der Waals surface area contributed by atoms with Gasteiger partial charge in [-0.05, 0) is 37.7 Å². The molecule has 3 nitrogen and oxygen atoms in total. The van der Waals surface area contributed by atoms with Crippen LogP contribution in [0.15, 0.2) is 24.3 Å². The van der Waals surface area contributed by atoms with Crippen LogP contribution in [-0.4, -0.2) is 16.4 Å². The van der Waals surface area contributed by atoms with Gasteiger partial charge in [-0.2, -0.15) is 0 Å². The highest BCUT2D eigenvalue weighted by molar-refractivity contribution is 8.01. The second-order valence-corrected chi connectivity index (χ2v) is 5.82. The van der Waals surface area contributed by atoms with Gasteiger partial charge in [0.25, 0.3) is 0 Å². The first kappa shape index (κ1) is 11.3. The standard InChI is InChI=1S/C12H16N2OS/c1-12(7-4-8-16-12)11(15)14-10-6-3-2-5-9(10)13/h2-3,5-6H,4,7-8,13H2,1H3,(H,14,15). The molecule has 0 bridgehead atoms. The molecule has 4 heteroatoms. The number of para-hydroxylation sites is 2. The van der Waals surface area contributed by atoms with Crippen molar-refractivity contribution in [1.29, 1.82) is 0 Å². The van der Waals surface area contributed by atoms with Crippen molar-refractivity contribution in [3.63, 3.8) is 0 Å². The number of carbonyl (C=O) groups excluding carboxylic acids is 1. The van der Waals surface area contributed by atoms with E-state index in [4.69, 9.17) is 5.73 Å². The smallest absolute Gasteiger partial charge is 0.240 e. The van der Waals surface area contributed by atoms with Crippen molar-refractivity contribution in [3.05, 3.63) is 24.3 Å². The number of rotatable bonds is 2. The summed E-state index contributed by atoms with van der Waals surface area (Å²) in [6, 6.07) is 7.35. The van der Waals surface area contributed by atoms with Gasteiger partial charge in [-0.25, -0.2) is 0 Å². The fraction of sp³-hybridized carbons (Fsp3) is 0.417. The maximum absolute atomic E-state index is 12.1. The van der Waals surface area contributed by atoms with Gasteiger partial charge in [0.05, 0.1) is 16.1 Å². The first-order valence-corrected chi connectivity index (χ1v) is 6.40. The molecule has 86 valence electrons. The van der Waals surface area contributed by atoms with Crippen LogP contribution >= 0.6 is 11.8 Å². The summed E-state index contributed by atoms with van der Waals surface area (Å²) in [7, 11) is 0. The van der Waals surface area contributed by atoms with Crippen molar-refractivity contribution in [2.45, 2.75) is 24.5 Å². The van der Waals surface area contributed by atoms with Crippen LogP contribution in [-0.2, 0) is 4.79 Å². The van der Waals surface area contributed by atoms with Crippen LogP contribution in [0.3, 0.4) is 0 Å². The zero-order valence-electron chi connectivity index (χ0n) is 9.32. The number of hydrogen-bond donors (Lipinski definition) is 2. The van der Waals surface area contributed by atoms with E-state index in [0.717, 1.165) is 18.6 Å². The molecular formula is C12H16N2OS. The van der Waals surface area contributed by atoms with E-state index in [-0.39, 0.29) is 10.7 Å². The van der Waals surface area contributed by atoms with E-state index in [1.54, 1.807) is 17.8 Å². The Hall–Kier alpha value is -1.16. The van der Waals surface area contributed by atoms with Gasteiger partial charge >= 0.3 is 0 Å². The van der Waals surface area contributed by atoms with Crippen molar-refractivity contribution in [1.82, 2.24) is 0 Å². The SMILES string of the molecule is CC1(C(=O)Nc2ccccc2N)CCCS1. The highest BCUT2D eigenvalue weighted by atomic mass is 32.2. The van der Waals surface area contributed by atoms with Crippen molar-refractivity contribution >= 4 is 29.0 Å². The number of carbonyl (C=O) groups is 1. The summed E-state index contributed by atoms with van der Waals surface area (Å²) in [5.41, 5.74) is 7.11. The summed E-state index contributed by atoms with van der Waals surface area (Å²) in [4.78, 5) is 12.1. The molecule has 1 aromatic rings. The van der Waals surface area contributed by atoms with Gasteiger partial charge in [-0.15, -0.1) is 11.8 Å². The lowest BCUT2D eigenvalue weighted by Crippen LogP contribution is -2.34. The van der Waals surface area contributed by atoms with Gasteiger partial charge < -0.3 is 11.1 Å². The van der Waals surface area contributed by atoms with Gasteiger partial charge in [-0.3, -0.25) is 4.79 Å². The van der Waals surface area contributed by atoms with Crippen molar-refractivity contribution < 1.29 is 4.79 Å². The van der Waals surface area contributed by atoms with Crippen LogP contribution < -0.4 is 11.1 Å². The summed E-state index contributed by atoms with van der Waals surface area (Å²) in [6.07, 6.45) is 2.05. The Morgan fingerprint density at radius 1 is 1.50 bits per heavy atom. The second kappa shape index (κ2) is 4.37. The third-order valence-corrected chi connectivity index (χ3v) is 4.43. The van der Waals surface area contributed by atoms with Crippen molar-refractivity contribution in [2.24, 2.45) is 0 Å². The fourth-order valence-corrected chi connectivity index (χ4v) is 3.03. The van der Waals surface area contributed by atoms with Gasteiger partial charge in [0.1, 0.15) is 0 Å². The number of benzene rings is 1. The highest BCUT2D eigenvalue weighted by Crippen LogP contribution is 2.38. The molecule has 0 aliphatic carbocycles. The lowest BCUT2D eigenvalue weighted by molar-refractivity contribution is -0.118. The lowest BCUT2D eigenvalue weighted by atomic mass is 10.0. The molecule has 16 heavy (non-hydrogen) atoms. The third kappa shape index (κ3) is 2.16. The van der Waals surface area contributed by atoms with E-state index in [9.17, 15) is 4.79 Å². The quantitative estimate of drug-likeness (QED) is 0.776. The van der Waals surface area contributed by atoms with Crippen LogP contribution in [0.2, 0.25) is 0 Å². The van der Waals surface area contributed by atoms with Crippen LogP contribution in [0.4, 0.5) is 11.4 Å². The zero-order chi connectivity index (χ0) is 11.6. The highest BCUT2D eigenvalue weighted by Gasteiger charge is 2.37. The molecule has 1 fully saturated rings. The van der Waals surface area contributed by atoms with Gasteiger partial charge in [0.15, 0.2) is 0 Å². The fourth-order valence-electron chi connectivity index (χ4n) is 1.82. The minimum Gasteiger partial charge on any atom is -0.397 e. The Bertz CT molecular complexity index is 400. The Morgan fingerprint density at radius 3 is 2.88 bits per heavy atom. The second-order valence-electron chi connectivity index (χ2n) is 4.22. The molecule has 1 atom stereocenters. The van der Waals surface area contributed by atoms with Crippen LogP contribution in [0.5, 0.6) is 0 Å². The molecular weight excluding hydrogens is 220 g/mol. The summed E-state index contributed by atoms with van der Waals surface area (Å²) in [5.74, 6) is 1.13. The number of nitrogens with two attached hydrogens (primary N) is 1. The Morgan fingerprint density at radius 2 is 2.25 bits per heavy atom. The molecule has 0 radical (unpaired) electrons. The van der Waals surface area contributed by atoms with Gasteiger partial charge in [0, 0.05) is 0 Å². The number of amides is 1. The average Bonchev–Trinajstić information content (AvgIpc) is 2.70. The van der Waals surface area contributed by atoms with Gasteiger partial charge in [0.2, 0.25) is 5.91 Å². The molecule has 2 rings (SSSR count). The van der Waals surface area contributed by atoms with Crippen LogP contribution in [0.25, 0.3) is 0 Å². The molecule has 1 amide bonds. The zero-order valence-corrected chi connectivity index (χ0v) is 10.1. The monoisotopic (exact) mass is 236 g/mol. The minimum absolute atomic E-state index is 0.0629. The molecule has 0 aromatic heterocycles. The van der Waals surface area contributed by atoms with Crippen molar-refractivity contribution in [2.75, 3.05) is 16.8 Å². The van der Waals surface area contributed by atoms with E-state index in [1.807, 2.05) is 25.1 Å². The number of thioether (sulfide) groups is 1. The first-order chi connectivity index (χ1) is 7.62. The van der Waals surface area contributed by atoms with E-state index >= 15 is 0 Å². The van der Waals surface area contributed by atoms with E-state index in [0.29, 0.717) is 11.4 Å². The molecule has 0 spiro atoms. The first-order valence-electron chi connectivity index (χ1n) is 5.42. The third-order valence-electron chi connectivity index (χ3n) is 2.91. The molecule has 1 aliphatic rings. The molecule has 1 aromatic carbocycles. The molecule has 3 N–H and O–H groups in total. The number of anilines is 2. The molecule has 1 unspecified atom stereocenters. The molecule has 1 aliphatic heterocycles. The van der Waals surface area contributed by atoms with Gasteiger partial charge in [-0.1, -0.05) is 12.1 Å². The normalized spacial score (nSPS) is 24.3. The van der Waals surface area contributed by atoms with Crippen LogP contribution in [0.1, 0.15) is 19.8 Å². The van der Waals surface area contributed by atoms with Crippen LogP contribution in [0, 0.1) is 0 Å². The Labute approximate surface area is 99.8 Å². The summed E-state index contributed by atoms with van der Waals surface area (Å²) < 4.78 is -0.289.